The third-order valence-electron chi connectivity index (χ3n) is 3.14. The molecule has 0 spiro atoms. The summed E-state index contributed by atoms with van der Waals surface area (Å²) < 4.78 is 0. The lowest BCUT2D eigenvalue weighted by Crippen LogP contribution is -2.14. The van der Waals surface area contributed by atoms with Crippen LogP contribution in [-0.4, -0.2) is 26.6 Å². The van der Waals surface area contributed by atoms with Crippen molar-refractivity contribution in [2.75, 3.05) is 11.1 Å². The number of nitrogens with one attached hydrogen (secondary N) is 2. The predicted molar refractivity (Wildman–Crippen MR) is 93.6 cm³/mol. The van der Waals surface area contributed by atoms with Crippen molar-refractivity contribution in [3.8, 4) is 0 Å². The molecule has 0 fully saturated rings. The number of carbonyl (C=O) groups excluding carboxylic acids is 1. The molecule has 0 radical (unpaired) electrons. The van der Waals surface area contributed by atoms with Gasteiger partial charge in [0.15, 0.2) is 5.16 Å². The number of nitro groups is 1. The Bertz CT molecular complexity index is 928. The Morgan fingerprint density at radius 1 is 1.33 bits per heavy atom. The molecular weight excluding hydrogens is 352 g/mol. The van der Waals surface area contributed by atoms with Crippen LogP contribution in [0.1, 0.15) is 0 Å². The molecule has 24 heavy (non-hydrogen) atoms. The summed E-state index contributed by atoms with van der Waals surface area (Å²) in [5, 5.41) is 14.5. The first-order valence-corrected chi connectivity index (χ1v) is 8.20. The highest BCUT2D eigenvalue weighted by atomic mass is 35.5. The van der Waals surface area contributed by atoms with Crippen molar-refractivity contribution >= 4 is 51.7 Å². The van der Waals surface area contributed by atoms with Gasteiger partial charge in [0.25, 0.3) is 5.69 Å². The molecule has 0 saturated heterocycles. The molecule has 0 bridgehead atoms. The Balaban J connectivity index is 1.66. The summed E-state index contributed by atoms with van der Waals surface area (Å²) in [6.07, 6.45) is 0. The second kappa shape index (κ2) is 6.90. The van der Waals surface area contributed by atoms with Crippen LogP contribution in [0.15, 0.2) is 47.6 Å². The average Bonchev–Trinajstić information content (AvgIpc) is 2.97. The number of nitrogens with zero attached hydrogens (tertiary/aromatic N) is 2. The molecule has 0 aliphatic rings. The van der Waals surface area contributed by atoms with Gasteiger partial charge in [0, 0.05) is 12.1 Å². The zero-order chi connectivity index (χ0) is 17.1. The highest BCUT2D eigenvalue weighted by Gasteiger charge is 2.11. The summed E-state index contributed by atoms with van der Waals surface area (Å²) >= 11 is 7.19. The van der Waals surface area contributed by atoms with E-state index in [1.165, 1.54) is 23.9 Å². The Morgan fingerprint density at radius 3 is 2.88 bits per heavy atom. The van der Waals surface area contributed by atoms with Gasteiger partial charge in [-0.25, -0.2) is 4.98 Å². The first kappa shape index (κ1) is 16.3. The van der Waals surface area contributed by atoms with Crippen LogP contribution < -0.4 is 5.32 Å². The summed E-state index contributed by atoms with van der Waals surface area (Å²) in [5.74, 6) is -0.0906. The lowest BCUT2D eigenvalue weighted by Gasteiger charge is -2.05. The maximum Gasteiger partial charge on any atom is 0.271 e. The molecule has 0 aliphatic carbocycles. The standard InChI is InChI=1S/C15H11ClN4O3S/c16-10-3-1-2-4-11(10)17-14(21)8-24-15-18-12-6-5-9(20(22)23)7-13(12)19-15/h1-7H,8H2,(H,17,21)(H,18,19). The molecule has 0 aliphatic heterocycles. The lowest BCUT2D eigenvalue weighted by atomic mass is 10.3. The van der Waals surface area contributed by atoms with E-state index in [1.807, 2.05) is 0 Å². The molecule has 1 amide bonds. The smallest absolute Gasteiger partial charge is 0.271 e. The van der Waals surface area contributed by atoms with Crippen LogP contribution in [0, 0.1) is 10.1 Å². The van der Waals surface area contributed by atoms with E-state index in [2.05, 4.69) is 15.3 Å². The molecule has 122 valence electrons. The first-order valence-electron chi connectivity index (χ1n) is 6.84. The maximum absolute atomic E-state index is 12.0. The molecule has 3 rings (SSSR count). The van der Waals surface area contributed by atoms with Crippen molar-refractivity contribution < 1.29 is 9.72 Å². The molecule has 0 atom stereocenters. The summed E-state index contributed by atoms with van der Waals surface area (Å²) in [4.78, 5) is 29.5. The topological polar surface area (TPSA) is 101 Å². The van der Waals surface area contributed by atoms with Crippen LogP contribution in [0.25, 0.3) is 11.0 Å². The summed E-state index contributed by atoms with van der Waals surface area (Å²) in [6, 6.07) is 11.3. The summed E-state index contributed by atoms with van der Waals surface area (Å²) in [5.41, 5.74) is 1.69. The zero-order valence-corrected chi connectivity index (χ0v) is 13.7. The van der Waals surface area contributed by atoms with Crippen LogP contribution in [-0.2, 0) is 4.79 Å². The number of hydrogen-bond donors (Lipinski definition) is 2. The van der Waals surface area contributed by atoms with E-state index < -0.39 is 4.92 Å². The van der Waals surface area contributed by atoms with Crippen molar-refractivity contribution in [2.24, 2.45) is 0 Å². The van der Waals surface area contributed by atoms with Crippen molar-refractivity contribution in [3.05, 3.63) is 57.6 Å². The molecule has 0 saturated carbocycles. The van der Waals surface area contributed by atoms with E-state index in [0.29, 0.717) is 26.9 Å². The number of H-pyrrole nitrogens is 1. The number of rotatable bonds is 5. The first-order chi connectivity index (χ1) is 11.5. The molecule has 7 nitrogen and oxygen atoms in total. The second-order valence-electron chi connectivity index (χ2n) is 4.82. The van der Waals surface area contributed by atoms with Gasteiger partial charge < -0.3 is 10.3 Å². The lowest BCUT2D eigenvalue weighted by molar-refractivity contribution is -0.384. The fourth-order valence-corrected chi connectivity index (χ4v) is 2.91. The third-order valence-corrected chi connectivity index (χ3v) is 4.35. The number of benzene rings is 2. The number of carbonyl (C=O) groups is 1. The molecule has 0 unspecified atom stereocenters. The van der Waals surface area contributed by atoms with Gasteiger partial charge in [-0.05, 0) is 18.2 Å². The van der Waals surface area contributed by atoms with Crippen LogP contribution in [0.5, 0.6) is 0 Å². The van der Waals surface area contributed by atoms with Crippen molar-refractivity contribution in [2.45, 2.75) is 5.16 Å². The zero-order valence-electron chi connectivity index (χ0n) is 12.2. The van der Waals surface area contributed by atoms with Gasteiger partial charge in [-0.3, -0.25) is 14.9 Å². The molecule has 9 heteroatoms. The van der Waals surface area contributed by atoms with E-state index in [1.54, 1.807) is 30.3 Å². The summed E-state index contributed by atoms with van der Waals surface area (Å²) in [6.45, 7) is 0. The van der Waals surface area contributed by atoms with Crippen LogP contribution in [0.2, 0.25) is 5.02 Å². The Kier molecular flexibility index (Phi) is 4.68. The monoisotopic (exact) mass is 362 g/mol. The predicted octanol–water partition coefficient (Wildman–Crippen LogP) is 3.86. The summed E-state index contributed by atoms with van der Waals surface area (Å²) in [7, 11) is 0. The van der Waals surface area contributed by atoms with Crippen LogP contribution in [0.4, 0.5) is 11.4 Å². The van der Waals surface area contributed by atoms with Gasteiger partial charge >= 0.3 is 0 Å². The van der Waals surface area contributed by atoms with Gasteiger partial charge in [0.05, 0.1) is 32.4 Å². The number of imidazole rings is 1. The normalized spacial score (nSPS) is 10.7. The molecule has 1 aromatic heterocycles. The molecule has 1 heterocycles. The number of aromatic amines is 1. The minimum absolute atomic E-state index is 0.0147. The van der Waals surface area contributed by atoms with Crippen LogP contribution >= 0.6 is 23.4 Å². The number of para-hydroxylation sites is 1. The van der Waals surface area contributed by atoms with Crippen LogP contribution in [0.3, 0.4) is 0 Å². The largest absolute Gasteiger partial charge is 0.333 e. The number of amides is 1. The minimum atomic E-state index is -0.468. The third kappa shape index (κ3) is 3.66. The highest BCUT2D eigenvalue weighted by Crippen LogP contribution is 2.24. The molecular formula is C15H11ClN4O3S. The number of thioether (sulfide) groups is 1. The Hall–Kier alpha value is -2.58. The van der Waals surface area contributed by atoms with Gasteiger partial charge in [-0.15, -0.1) is 0 Å². The van der Waals surface area contributed by atoms with E-state index in [0.717, 1.165) is 0 Å². The fourth-order valence-electron chi connectivity index (χ4n) is 2.04. The number of aromatic nitrogens is 2. The van der Waals surface area contributed by atoms with Gasteiger partial charge in [-0.2, -0.15) is 0 Å². The Labute approximate surface area is 145 Å². The van der Waals surface area contributed by atoms with Gasteiger partial charge in [-0.1, -0.05) is 35.5 Å². The van der Waals surface area contributed by atoms with Gasteiger partial charge in [0.1, 0.15) is 0 Å². The molecule has 2 N–H and O–H groups in total. The number of hydrogen-bond acceptors (Lipinski definition) is 5. The maximum atomic E-state index is 12.0. The van der Waals surface area contributed by atoms with E-state index in [4.69, 9.17) is 11.6 Å². The number of anilines is 1. The minimum Gasteiger partial charge on any atom is -0.333 e. The SMILES string of the molecule is O=C(CSc1nc2ccc([N+](=O)[O-])cc2[nH]1)Nc1ccccc1Cl. The number of fused-ring (bicyclic) bond motifs is 1. The van der Waals surface area contributed by atoms with E-state index in [9.17, 15) is 14.9 Å². The Morgan fingerprint density at radius 2 is 2.12 bits per heavy atom. The quantitative estimate of drug-likeness (QED) is 0.407. The van der Waals surface area contributed by atoms with E-state index >= 15 is 0 Å². The fraction of sp³-hybridized carbons (Fsp3) is 0.0667. The average molecular weight is 363 g/mol. The number of halogens is 1. The number of nitro benzene ring substituents is 1. The number of non-ortho nitro benzene ring substituents is 1. The van der Waals surface area contributed by atoms with Crippen molar-refractivity contribution in [3.63, 3.8) is 0 Å². The van der Waals surface area contributed by atoms with Gasteiger partial charge in [0.2, 0.25) is 5.91 Å². The molecule has 3 aromatic rings. The van der Waals surface area contributed by atoms with Crippen molar-refractivity contribution in [1.82, 2.24) is 9.97 Å². The second-order valence-corrected chi connectivity index (χ2v) is 6.19. The highest BCUT2D eigenvalue weighted by molar-refractivity contribution is 7.99. The molecule has 2 aromatic carbocycles. The van der Waals surface area contributed by atoms with E-state index in [-0.39, 0.29) is 17.3 Å². The van der Waals surface area contributed by atoms with Crippen molar-refractivity contribution in [1.29, 1.82) is 0 Å².